The maximum atomic E-state index is 12.3. The van der Waals surface area contributed by atoms with E-state index in [1.165, 1.54) is 0 Å². The average Bonchev–Trinajstić information content (AvgIpc) is 2.48. The number of hydrogen-bond donors (Lipinski definition) is 2. The van der Waals surface area contributed by atoms with E-state index in [-0.39, 0.29) is 5.56 Å². The molecule has 0 bridgehead atoms. The van der Waals surface area contributed by atoms with Crippen molar-refractivity contribution in [2.75, 3.05) is 31.2 Å². The summed E-state index contributed by atoms with van der Waals surface area (Å²) < 4.78 is 5.30. The number of H-pyrrole nitrogens is 1. The van der Waals surface area contributed by atoms with Gasteiger partial charge in [-0.15, -0.1) is 0 Å². The number of aliphatic hydroxyl groups excluding tert-OH is 1. The van der Waals surface area contributed by atoms with Crippen LogP contribution in [0.25, 0.3) is 10.9 Å². The van der Waals surface area contributed by atoms with E-state index >= 15 is 0 Å². The fraction of sp³-hybridized carbons (Fsp3) is 0.429. The summed E-state index contributed by atoms with van der Waals surface area (Å²) in [7, 11) is 0. The molecule has 7 heteroatoms. The lowest BCUT2D eigenvalue weighted by Gasteiger charge is -2.27. The number of nitrogens with one attached hydrogen (secondary N) is 1. The summed E-state index contributed by atoms with van der Waals surface area (Å²) in [5, 5.41) is 10.7. The van der Waals surface area contributed by atoms with Crippen molar-refractivity contribution in [2.24, 2.45) is 0 Å². The van der Waals surface area contributed by atoms with Crippen LogP contribution in [0.15, 0.2) is 16.9 Å². The molecule has 1 fully saturated rings. The van der Waals surface area contributed by atoms with E-state index in [9.17, 15) is 9.90 Å². The van der Waals surface area contributed by atoms with Gasteiger partial charge in [0.2, 0.25) is 5.95 Å². The van der Waals surface area contributed by atoms with Crippen molar-refractivity contribution in [2.45, 2.75) is 13.0 Å². The molecule has 1 aromatic heterocycles. The van der Waals surface area contributed by atoms with Gasteiger partial charge in [0, 0.05) is 23.7 Å². The molecule has 0 spiro atoms. The van der Waals surface area contributed by atoms with Crippen molar-refractivity contribution < 1.29 is 9.84 Å². The molecule has 0 aliphatic carbocycles. The van der Waals surface area contributed by atoms with Crippen LogP contribution in [0, 0.1) is 0 Å². The van der Waals surface area contributed by atoms with E-state index in [0.29, 0.717) is 53.7 Å². The molecule has 2 heterocycles. The highest BCUT2D eigenvalue weighted by molar-refractivity contribution is 6.31. The van der Waals surface area contributed by atoms with Gasteiger partial charge in [-0.05, 0) is 19.1 Å². The Morgan fingerprint density at radius 1 is 1.43 bits per heavy atom. The molecular formula is C14H16ClN3O3. The first-order chi connectivity index (χ1) is 10.1. The van der Waals surface area contributed by atoms with E-state index < -0.39 is 6.10 Å². The van der Waals surface area contributed by atoms with Gasteiger partial charge in [-0.25, -0.2) is 4.98 Å². The van der Waals surface area contributed by atoms with Gasteiger partial charge >= 0.3 is 0 Å². The summed E-state index contributed by atoms with van der Waals surface area (Å²) in [6, 6.07) is 3.21. The Bertz CT molecular complexity index is 723. The van der Waals surface area contributed by atoms with Gasteiger partial charge < -0.3 is 14.7 Å². The molecule has 112 valence electrons. The minimum absolute atomic E-state index is 0.258. The normalized spacial score (nSPS) is 17.2. The molecule has 1 aliphatic rings. The monoisotopic (exact) mass is 309 g/mol. The third-order valence-corrected chi connectivity index (χ3v) is 3.77. The zero-order valence-electron chi connectivity index (χ0n) is 11.6. The summed E-state index contributed by atoms with van der Waals surface area (Å²) in [5.74, 6) is 0.500. The number of aromatic nitrogens is 2. The van der Waals surface area contributed by atoms with Gasteiger partial charge in [0.25, 0.3) is 5.56 Å². The Kier molecular flexibility index (Phi) is 3.84. The fourth-order valence-corrected chi connectivity index (χ4v) is 2.69. The van der Waals surface area contributed by atoms with Crippen LogP contribution in [0.2, 0.25) is 5.02 Å². The third kappa shape index (κ3) is 2.74. The Morgan fingerprint density at radius 3 is 2.81 bits per heavy atom. The number of hydrogen-bond acceptors (Lipinski definition) is 5. The maximum Gasteiger partial charge on any atom is 0.260 e. The molecule has 1 aliphatic heterocycles. The number of aromatic amines is 1. The second-order valence-corrected chi connectivity index (χ2v) is 5.49. The molecule has 3 rings (SSSR count). The van der Waals surface area contributed by atoms with Gasteiger partial charge in [0.1, 0.15) is 0 Å². The quantitative estimate of drug-likeness (QED) is 0.878. The van der Waals surface area contributed by atoms with Crippen LogP contribution in [0.5, 0.6) is 0 Å². The number of halogens is 1. The number of rotatable bonds is 2. The molecule has 0 radical (unpaired) electrons. The summed E-state index contributed by atoms with van der Waals surface area (Å²) >= 11 is 6.01. The highest BCUT2D eigenvalue weighted by Gasteiger charge is 2.18. The SMILES string of the molecule is CC(O)c1cc(Cl)cc2c(=O)[nH]c(N3CCOCC3)nc12. The second-order valence-electron chi connectivity index (χ2n) is 5.06. The highest BCUT2D eigenvalue weighted by Crippen LogP contribution is 2.26. The van der Waals surface area contributed by atoms with Gasteiger partial charge in [0.15, 0.2) is 0 Å². The summed E-state index contributed by atoms with van der Waals surface area (Å²) in [5.41, 5.74) is 0.781. The van der Waals surface area contributed by atoms with Crippen molar-refractivity contribution >= 4 is 28.5 Å². The van der Waals surface area contributed by atoms with Crippen LogP contribution in [-0.4, -0.2) is 41.4 Å². The topological polar surface area (TPSA) is 78.5 Å². The Balaban J connectivity index is 2.19. The number of anilines is 1. The molecular weight excluding hydrogens is 294 g/mol. The van der Waals surface area contributed by atoms with E-state index in [4.69, 9.17) is 16.3 Å². The average molecular weight is 310 g/mol. The molecule has 0 amide bonds. The highest BCUT2D eigenvalue weighted by atomic mass is 35.5. The van der Waals surface area contributed by atoms with Crippen LogP contribution >= 0.6 is 11.6 Å². The van der Waals surface area contributed by atoms with Crippen molar-refractivity contribution in [3.63, 3.8) is 0 Å². The standard InChI is InChI=1S/C14H16ClN3O3/c1-8(19)10-6-9(15)7-11-12(10)16-14(17-13(11)20)18-2-4-21-5-3-18/h6-8,19H,2-5H2,1H3,(H,16,17,20). The molecule has 1 aromatic carbocycles. The van der Waals surface area contributed by atoms with E-state index in [1.807, 2.05) is 4.90 Å². The first kappa shape index (κ1) is 14.3. The number of aliphatic hydroxyl groups is 1. The molecule has 1 atom stereocenters. The van der Waals surface area contributed by atoms with E-state index in [0.717, 1.165) is 0 Å². The van der Waals surface area contributed by atoms with Gasteiger partial charge in [-0.2, -0.15) is 0 Å². The maximum absolute atomic E-state index is 12.3. The molecule has 21 heavy (non-hydrogen) atoms. The molecule has 1 saturated heterocycles. The lowest BCUT2D eigenvalue weighted by Crippen LogP contribution is -2.38. The fourth-order valence-electron chi connectivity index (χ4n) is 2.46. The lowest BCUT2D eigenvalue weighted by molar-refractivity contribution is 0.122. The zero-order valence-corrected chi connectivity index (χ0v) is 12.4. The number of ether oxygens (including phenoxy) is 1. The zero-order chi connectivity index (χ0) is 15.0. The van der Waals surface area contributed by atoms with E-state index in [1.54, 1.807) is 19.1 Å². The Hall–Kier alpha value is -1.63. The van der Waals surface area contributed by atoms with Crippen molar-refractivity contribution in [1.29, 1.82) is 0 Å². The molecule has 0 saturated carbocycles. The van der Waals surface area contributed by atoms with Crippen molar-refractivity contribution in [3.8, 4) is 0 Å². The third-order valence-electron chi connectivity index (χ3n) is 3.55. The molecule has 1 unspecified atom stereocenters. The lowest BCUT2D eigenvalue weighted by atomic mass is 10.1. The first-order valence-electron chi connectivity index (χ1n) is 6.80. The van der Waals surface area contributed by atoms with Crippen LogP contribution in [0.1, 0.15) is 18.6 Å². The van der Waals surface area contributed by atoms with Gasteiger partial charge in [-0.3, -0.25) is 9.78 Å². The smallest absolute Gasteiger partial charge is 0.260 e. The Morgan fingerprint density at radius 2 is 2.14 bits per heavy atom. The number of morpholine rings is 1. The first-order valence-corrected chi connectivity index (χ1v) is 7.18. The van der Waals surface area contributed by atoms with Crippen LogP contribution in [0.4, 0.5) is 5.95 Å². The number of fused-ring (bicyclic) bond motifs is 1. The Labute approximate surface area is 126 Å². The summed E-state index contributed by atoms with van der Waals surface area (Å²) in [6.07, 6.45) is -0.752. The minimum atomic E-state index is -0.752. The number of nitrogens with zero attached hydrogens (tertiary/aromatic N) is 2. The van der Waals surface area contributed by atoms with Crippen LogP contribution in [0.3, 0.4) is 0 Å². The van der Waals surface area contributed by atoms with Crippen molar-refractivity contribution in [1.82, 2.24) is 9.97 Å². The largest absolute Gasteiger partial charge is 0.389 e. The second kappa shape index (κ2) is 5.63. The van der Waals surface area contributed by atoms with Crippen LogP contribution < -0.4 is 10.5 Å². The molecule has 2 aromatic rings. The predicted molar refractivity (Wildman–Crippen MR) is 81.0 cm³/mol. The van der Waals surface area contributed by atoms with E-state index in [2.05, 4.69) is 9.97 Å². The van der Waals surface area contributed by atoms with Gasteiger partial charge in [-0.1, -0.05) is 11.6 Å². The predicted octanol–water partition coefficient (Wildman–Crippen LogP) is 1.47. The molecule has 2 N–H and O–H groups in total. The van der Waals surface area contributed by atoms with Crippen molar-refractivity contribution in [3.05, 3.63) is 33.1 Å². The van der Waals surface area contributed by atoms with Crippen LogP contribution in [-0.2, 0) is 4.74 Å². The summed E-state index contributed by atoms with van der Waals surface area (Å²) in [4.78, 5) is 21.5. The number of benzene rings is 1. The van der Waals surface area contributed by atoms with Gasteiger partial charge in [0.05, 0.1) is 30.2 Å². The summed E-state index contributed by atoms with van der Waals surface area (Å²) in [6.45, 7) is 4.18. The molecule has 6 nitrogen and oxygen atoms in total. The minimum Gasteiger partial charge on any atom is -0.389 e.